The highest BCUT2D eigenvalue weighted by molar-refractivity contribution is 5.40. The summed E-state index contributed by atoms with van der Waals surface area (Å²) in [6.45, 7) is 0.868. The van der Waals surface area contributed by atoms with Gasteiger partial charge in [0.25, 0.3) is 0 Å². The molecule has 0 radical (unpaired) electrons. The molecule has 1 aliphatic carbocycles. The third-order valence-electron chi connectivity index (χ3n) is 2.05. The zero-order valence-corrected chi connectivity index (χ0v) is 7.00. The normalized spacial score (nSPS) is 27.2. The van der Waals surface area contributed by atoms with Crippen LogP contribution >= 0.6 is 0 Å². The van der Waals surface area contributed by atoms with Crippen molar-refractivity contribution in [2.75, 3.05) is 13.7 Å². The van der Waals surface area contributed by atoms with Crippen molar-refractivity contribution in [3.05, 3.63) is 35.6 Å². The first kappa shape index (κ1) is 7.58. The molecule has 0 saturated heterocycles. The van der Waals surface area contributed by atoms with Crippen molar-refractivity contribution >= 4 is 0 Å². The second-order valence-electron chi connectivity index (χ2n) is 2.82. The van der Waals surface area contributed by atoms with Crippen molar-refractivity contribution in [2.24, 2.45) is 0 Å². The summed E-state index contributed by atoms with van der Waals surface area (Å²) in [5.41, 5.74) is 7.50. The van der Waals surface area contributed by atoms with Crippen molar-refractivity contribution in [2.45, 2.75) is 6.04 Å². The number of allylic oxidation sites excluding steroid dienone is 1. The third-order valence-corrected chi connectivity index (χ3v) is 2.05. The third kappa shape index (κ3) is 1.29. The molecule has 0 aromatic heterocycles. The highest BCUT2D eigenvalue weighted by Crippen LogP contribution is 2.17. The van der Waals surface area contributed by atoms with Gasteiger partial charge in [0.1, 0.15) is 5.76 Å². The molecule has 1 atom stereocenters. The number of ether oxygens (including phenoxy) is 1. The van der Waals surface area contributed by atoms with Crippen molar-refractivity contribution in [3.63, 3.8) is 0 Å². The van der Waals surface area contributed by atoms with Crippen LogP contribution in [0.5, 0.6) is 0 Å². The maximum absolute atomic E-state index is 5.13. The van der Waals surface area contributed by atoms with Gasteiger partial charge in [0.2, 0.25) is 0 Å². The minimum atomic E-state index is 0.303. The molecule has 3 nitrogen and oxygen atoms in total. The van der Waals surface area contributed by atoms with Crippen LogP contribution in [0.3, 0.4) is 0 Å². The summed E-state index contributed by atoms with van der Waals surface area (Å²) in [5.74, 6) is 0.918. The zero-order chi connectivity index (χ0) is 8.39. The van der Waals surface area contributed by atoms with E-state index in [1.54, 1.807) is 7.11 Å². The van der Waals surface area contributed by atoms with E-state index >= 15 is 0 Å². The van der Waals surface area contributed by atoms with Crippen molar-refractivity contribution < 1.29 is 4.74 Å². The van der Waals surface area contributed by atoms with Gasteiger partial charge in [-0.2, -0.15) is 0 Å². The first-order valence-corrected chi connectivity index (χ1v) is 4.02. The highest BCUT2D eigenvalue weighted by Gasteiger charge is 2.15. The SMILES string of the molecule is COC1=CC2=CCNNC2C=C1. The summed E-state index contributed by atoms with van der Waals surface area (Å²) >= 11 is 0. The molecular formula is C9H12N2O. The van der Waals surface area contributed by atoms with Gasteiger partial charge in [-0.1, -0.05) is 12.2 Å². The fourth-order valence-corrected chi connectivity index (χ4v) is 1.39. The molecule has 64 valence electrons. The van der Waals surface area contributed by atoms with Crippen molar-refractivity contribution in [1.29, 1.82) is 0 Å². The molecule has 2 aliphatic rings. The van der Waals surface area contributed by atoms with Gasteiger partial charge in [0, 0.05) is 6.54 Å². The van der Waals surface area contributed by atoms with E-state index in [1.165, 1.54) is 5.57 Å². The number of hydrogen-bond acceptors (Lipinski definition) is 3. The quantitative estimate of drug-likeness (QED) is 0.591. The van der Waals surface area contributed by atoms with E-state index in [0.717, 1.165) is 12.3 Å². The lowest BCUT2D eigenvalue weighted by Gasteiger charge is -2.24. The largest absolute Gasteiger partial charge is 0.497 e. The Balaban J connectivity index is 2.24. The predicted octanol–water partition coefficient (Wildman–Crippen LogP) is 0.489. The van der Waals surface area contributed by atoms with Crippen LogP contribution in [-0.4, -0.2) is 19.7 Å². The monoisotopic (exact) mass is 164 g/mol. The minimum absolute atomic E-state index is 0.303. The summed E-state index contributed by atoms with van der Waals surface area (Å²) in [6.07, 6.45) is 8.26. The van der Waals surface area contributed by atoms with Gasteiger partial charge in [0.15, 0.2) is 0 Å². The van der Waals surface area contributed by atoms with E-state index in [2.05, 4.69) is 29.1 Å². The molecule has 0 aromatic carbocycles. The topological polar surface area (TPSA) is 33.3 Å². The zero-order valence-electron chi connectivity index (χ0n) is 7.00. The Hall–Kier alpha value is -1.06. The van der Waals surface area contributed by atoms with Gasteiger partial charge >= 0.3 is 0 Å². The van der Waals surface area contributed by atoms with E-state index in [-0.39, 0.29) is 0 Å². The van der Waals surface area contributed by atoms with Crippen LogP contribution < -0.4 is 10.9 Å². The number of hydrazine groups is 1. The Kier molecular flexibility index (Phi) is 1.98. The van der Waals surface area contributed by atoms with Crippen molar-refractivity contribution in [3.8, 4) is 0 Å². The van der Waals surface area contributed by atoms with Crippen LogP contribution in [0.1, 0.15) is 0 Å². The molecular weight excluding hydrogens is 152 g/mol. The van der Waals surface area contributed by atoms with Crippen LogP contribution in [0, 0.1) is 0 Å². The van der Waals surface area contributed by atoms with Crippen LogP contribution in [-0.2, 0) is 4.74 Å². The molecule has 1 heterocycles. The average molecular weight is 164 g/mol. The summed E-state index contributed by atoms with van der Waals surface area (Å²) in [4.78, 5) is 0. The van der Waals surface area contributed by atoms with E-state index < -0.39 is 0 Å². The molecule has 0 spiro atoms. The second-order valence-corrected chi connectivity index (χ2v) is 2.82. The Morgan fingerprint density at radius 3 is 3.33 bits per heavy atom. The number of nitrogens with one attached hydrogen (secondary N) is 2. The lowest BCUT2D eigenvalue weighted by molar-refractivity contribution is 0.304. The van der Waals surface area contributed by atoms with E-state index in [4.69, 9.17) is 4.74 Å². The molecule has 0 bridgehead atoms. The Morgan fingerprint density at radius 2 is 2.50 bits per heavy atom. The smallest absolute Gasteiger partial charge is 0.118 e. The van der Waals surface area contributed by atoms with Gasteiger partial charge in [-0.15, -0.1) is 0 Å². The summed E-state index contributed by atoms with van der Waals surface area (Å²) in [7, 11) is 1.69. The van der Waals surface area contributed by atoms with Gasteiger partial charge in [-0.05, 0) is 17.7 Å². The second kappa shape index (κ2) is 3.13. The Labute approximate surface area is 71.8 Å². The molecule has 1 unspecified atom stereocenters. The molecule has 0 aromatic rings. The van der Waals surface area contributed by atoms with Gasteiger partial charge in [-0.3, -0.25) is 5.43 Å². The fourth-order valence-electron chi connectivity index (χ4n) is 1.39. The molecule has 12 heavy (non-hydrogen) atoms. The number of rotatable bonds is 1. The minimum Gasteiger partial charge on any atom is -0.497 e. The summed E-state index contributed by atoms with van der Waals surface area (Å²) in [6, 6.07) is 0.303. The van der Waals surface area contributed by atoms with Crippen LogP contribution in [0.25, 0.3) is 0 Å². The summed E-state index contributed by atoms with van der Waals surface area (Å²) in [5, 5.41) is 0. The standard InChI is InChI=1S/C9H12N2O/c1-12-8-2-3-9-7(6-8)4-5-10-11-9/h2-4,6,9-11H,5H2,1H3. The molecule has 1 aliphatic heterocycles. The first-order chi connectivity index (χ1) is 5.90. The maximum atomic E-state index is 5.13. The maximum Gasteiger partial charge on any atom is 0.118 e. The van der Waals surface area contributed by atoms with Crippen molar-refractivity contribution in [1.82, 2.24) is 10.9 Å². The highest BCUT2D eigenvalue weighted by atomic mass is 16.5. The molecule has 0 amide bonds. The molecule has 2 rings (SSSR count). The number of fused-ring (bicyclic) bond motifs is 1. The number of hydrogen-bond donors (Lipinski definition) is 2. The van der Waals surface area contributed by atoms with E-state index in [1.807, 2.05) is 6.08 Å². The first-order valence-electron chi connectivity index (χ1n) is 4.02. The molecule has 0 saturated carbocycles. The van der Waals surface area contributed by atoms with Crippen LogP contribution in [0.4, 0.5) is 0 Å². The summed E-state index contributed by atoms with van der Waals surface area (Å²) < 4.78 is 5.13. The van der Waals surface area contributed by atoms with E-state index in [0.29, 0.717) is 6.04 Å². The molecule has 3 heteroatoms. The van der Waals surface area contributed by atoms with E-state index in [9.17, 15) is 0 Å². The molecule has 2 N–H and O–H groups in total. The predicted molar refractivity (Wildman–Crippen MR) is 47.2 cm³/mol. The molecule has 0 fully saturated rings. The lowest BCUT2D eigenvalue weighted by atomic mass is 10.0. The lowest BCUT2D eigenvalue weighted by Crippen LogP contribution is -2.44. The average Bonchev–Trinajstić information content (AvgIpc) is 2.17. The van der Waals surface area contributed by atoms with Gasteiger partial charge in [-0.25, -0.2) is 5.43 Å². The van der Waals surface area contributed by atoms with Crippen LogP contribution in [0.15, 0.2) is 35.6 Å². The van der Waals surface area contributed by atoms with Gasteiger partial charge in [0.05, 0.1) is 13.2 Å². The fraction of sp³-hybridized carbons (Fsp3) is 0.333. The van der Waals surface area contributed by atoms with Gasteiger partial charge < -0.3 is 4.74 Å². The Morgan fingerprint density at radius 1 is 1.58 bits per heavy atom. The van der Waals surface area contributed by atoms with Crippen LogP contribution in [0.2, 0.25) is 0 Å². The number of methoxy groups -OCH3 is 1. The Bertz CT molecular complexity index is 266.